The molecule has 1 aromatic rings. The van der Waals surface area contributed by atoms with E-state index in [4.69, 9.17) is 19.7 Å². The van der Waals surface area contributed by atoms with Gasteiger partial charge in [0.15, 0.2) is 0 Å². The summed E-state index contributed by atoms with van der Waals surface area (Å²) in [6.45, 7) is 7.48. The first-order valence-electron chi connectivity index (χ1n) is 11.0. The number of primary sulfonamides is 1. The maximum atomic E-state index is 14.3. The number of hydrogen-bond donors (Lipinski definition) is 3. The van der Waals surface area contributed by atoms with E-state index < -0.39 is 69.1 Å². The highest BCUT2D eigenvalue weighted by molar-refractivity contribution is 7.89. The lowest BCUT2D eigenvalue weighted by molar-refractivity contribution is -0.138. The lowest BCUT2D eigenvalue weighted by Gasteiger charge is -2.30. The molecule has 0 bridgehead atoms. The van der Waals surface area contributed by atoms with Crippen molar-refractivity contribution >= 4 is 39.8 Å². The molecule has 0 saturated heterocycles. The summed E-state index contributed by atoms with van der Waals surface area (Å²) in [5.41, 5.74) is -2.24. The zero-order chi connectivity index (χ0) is 28.8. The van der Waals surface area contributed by atoms with Crippen molar-refractivity contribution in [1.82, 2.24) is 9.80 Å². The van der Waals surface area contributed by atoms with Gasteiger partial charge in [-0.2, -0.15) is 0 Å². The van der Waals surface area contributed by atoms with E-state index in [1.807, 2.05) is 0 Å². The van der Waals surface area contributed by atoms with E-state index in [1.54, 1.807) is 41.5 Å². The number of carbonyl (C=O) groups excluding carboxylic acids is 3. The molecule has 4 N–H and O–H groups in total. The van der Waals surface area contributed by atoms with Crippen molar-refractivity contribution in [2.45, 2.75) is 57.6 Å². The summed E-state index contributed by atoms with van der Waals surface area (Å²) in [6, 6.07) is 2.60. The number of carboxylic acids is 1. The number of nitrogens with two attached hydrogens (primary N) is 1. The normalized spacial score (nSPS) is 11.9. The van der Waals surface area contributed by atoms with E-state index in [-0.39, 0.29) is 18.8 Å². The number of sulfonamides is 1. The molecule has 15 heteroatoms. The Hall–Kier alpha value is -3.46. The van der Waals surface area contributed by atoms with Gasteiger partial charge in [-0.05, 0) is 59.7 Å². The number of carboxylic acid groups (broad SMARTS) is 1. The zero-order valence-corrected chi connectivity index (χ0v) is 22.3. The molecule has 0 heterocycles. The number of amides is 3. The van der Waals surface area contributed by atoms with Gasteiger partial charge in [-0.15, -0.1) is 0 Å². The molecule has 0 radical (unpaired) electrons. The molecule has 13 nitrogen and oxygen atoms in total. The summed E-state index contributed by atoms with van der Waals surface area (Å²) in [6.07, 6.45) is -1.90. The molecular formula is C22H33FN4O9S. The van der Waals surface area contributed by atoms with Crippen LogP contribution in [0.25, 0.3) is 0 Å². The Morgan fingerprint density at radius 3 is 1.78 bits per heavy atom. The first-order valence-corrected chi connectivity index (χ1v) is 12.5. The predicted molar refractivity (Wildman–Crippen MR) is 130 cm³/mol. The highest BCUT2D eigenvalue weighted by Gasteiger charge is 2.28. The first kappa shape index (κ1) is 31.6. The van der Waals surface area contributed by atoms with Crippen molar-refractivity contribution in [1.29, 1.82) is 0 Å². The monoisotopic (exact) mass is 548 g/mol. The number of aliphatic carboxylic acids is 1. The van der Waals surface area contributed by atoms with Crippen LogP contribution in [0.5, 0.6) is 0 Å². The quantitative estimate of drug-likeness (QED) is 0.415. The van der Waals surface area contributed by atoms with Gasteiger partial charge in [0.2, 0.25) is 15.9 Å². The third-order valence-corrected chi connectivity index (χ3v) is 5.06. The zero-order valence-electron chi connectivity index (χ0n) is 21.5. The Balaban J connectivity index is 3.08. The van der Waals surface area contributed by atoms with Gasteiger partial charge < -0.3 is 19.9 Å². The fraction of sp³-hybridized carbons (Fsp3) is 0.545. The molecule has 1 aromatic carbocycles. The van der Waals surface area contributed by atoms with Crippen LogP contribution in [-0.4, -0.2) is 84.8 Å². The second-order valence-electron chi connectivity index (χ2n) is 9.93. The van der Waals surface area contributed by atoms with Gasteiger partial charge in [0.25, 0.3) is 0 Å². The van der Waals surface area contributed by atoms with Crippen LogP contribution in [0.3, 0.4) is 0 Å². The minimum Gasteiger partial charge on any atom is -0.480 e. The largest absolute Gasteiger partial charge is 0.480 e. The minimum absolute atomic E-state index is 0.328. The number of ether oxygens (including phenoxy) is 2. The molecule has 0 aliphatic rings. The van der Waals surface area contributed by atoms with E-state index in [0.717, 1.165) is 21.9 Å². The molecule has 0 unspecified atom stereocenters. The number of hydrogen-bond acceptors (Lipinski definition) is 8. The van der Waals surface area contributed by atoms with Gasteiger partial charge in [0.05, 0.1) is 10.6 Å². The van der Waals surface area contributed by atoms with E-state index in [2.05, 4.69) is 5.32 Å². The number of anilines is 1. The average Bonchev–Trinajstić information content (AvgIpc) is 2.67. The summed E-state index contributed by atoms with van der Waals surface area (Å²) in [7, 11) is -4.17. The first-order chi connectivity index (χ1) is 16.7. The van der Waals surface area contributed by atoms with Gasteiger partial charge in [0.1, 0.15) is 30.1 Å². The van der Waals surface area contributed by atoms with Crippen LogP contribution in [0.1, 0.15) is 41.5 Å². The molecule has 0 atom stereocenters. The molecule has 0 saturated carbocycles. The van der Waals surface area contributed by atoms with Gasteiger partial charge in [-0.1, -0.05) is 0 Å². The summed E-state index contributed by atoms with van der Waals surface area (Å²) in [5.74, 6) is -3.29. The van der Waals surface area contributed by atoms with E-state index in [9.17, 15) is 32.0 Å². The highest BCUT2D eigenvalue weighted by Crippen LogP contribution is 2.18. The van der Waals surface area contributed by atoms with Crippen molar-refractivity contribution in [3.05, 3.63) is 24.0 Å². The number of benzene rings is 1. The summed E-state index contributed by atoms with van der Waals surface area (Å²) >= 11 is 0. The SMILES string of the molecule is CC(C)(C)OC(=O)N(CCN(CC(=O)Nc1ccc(S(N)(=O)=O)cc1F)C(=O)OC(C)(C)C)CC(=O)O. The Morgan fingerprint density at radius 1 is 0.946 bits per heavy atom. The maximum absolute atomic E-state index is 14.3. The number of rotatable bonds is 9. The standard InChI is InChI=1S/C22H33FN4O9S/c1-21(2,3)35-19(31)26(9-10-27(13-18(29)30)20(32)36-22(4,5)6)12-17(28)25-16-8-7-14(11-15(16)23)37(24,33)34/h7-8,11H,9-10,12-13H2,1-6H3,(H,25,28)(H,29,30)(H2,24,33,34). The molecule has 208 valence electrons. The van der Waals surface area contributed by atoms with Gasteiger partial charge in [0, 0.05) is 13.1 Å². The topological polar surface area (TPSA) is 186 Å². The maximum Gasteiger partial charge on any atom is 0.410 e. The number of nitrogens with one attached hydrogen (secondary N) is 1. The molecule has 0 fully saturated rings. The Morgan fingerprint density at radius 2 is 1.41 bits per heavy atom. The lowest BCUT2D eigenvalue weighted by atomic mass is 10.2. The smallest absolute Gasteiger partial charge is 0.410 e. The fourth-order valence-electron chi connectivity index (χ4n) is 2.66. The molecule has 0 spiro atoms. The van der Waals surface area contributed by atoms with E-state index >= 15 is 0 Å². The van der Waals surface area contributed by atoms with Crippen LogP contribution in [-0.2, 0) is 29.1 Å². The van der Waals surface area contributed by atoms with Crippen molar-refractivity contribution < 1.29 is 46.6 Å². The van der Waals surface area contributed by atoms with Crippen molar-refractivity contribution in [2.24, 2.45) is 5.14 Å². The number of nitrogens with zero attached hydrogens (tertiary/aromatic N) is 2. The molecule has 0 aliphatic heterocycles. The molecule has 1 rings (SSSR count). The summed E-state index contributed by atoms with van der Waals surface area (Å²) in [4.78, 5) is 50.2. The summed E-state index contributed by atoms with van der Waals surface area (Å²) < 4.78 is 47.5. The van der Waals surface area contributed by atoms with Crippen LogP contribution in [0.15, 0.2) is 23.1 Å². The molecule has 37 heavy (non-hydrogen) atoms. The second kappa shape index (κ2) is 12.2. The molecule has 0 aliphatic carbocycles. The van der Waals surface area contributed by atoms with Gasteiger partial charge in [-0.25, -0.2) is 27.5 Å². The Labute approximate surface area is 214 Å². The van der Waals surface area contributed by atoms with Crippen LogP contribution in [0.4, 0.5) is 19.7 Å². The minimum atomic E-state index is -4.17. The Kier molecular flexibility index (Phi) is 10.4. The van der Waals surface area contributed by atoms with Crippen molar-refractivity contribution in [3.8, 4) is 0 Å². The highest BCUT2D eigenvalue weighted by atomic mass is 32.2. The fourth-order valence-corrected chi connectivity index (χ4v) is 3.19. The molecule has 0 aromatic heterocycles. The third-order valence-electron chi connectivity index (χ3n) is 4.15. The molecular weight excluding hydrogens is 515 g/mol. The number of halogens is 1. The van der Waals surface area contributed by atoms with Crippen molar-refractivity contribution in [3.63, 3.8) is 0 Å². The lowest BCUT2D eigenvalue weighted by Crippen LogP contribution is -2.47. The predicted octanol–water partition coefficient (Wildman–Crippen LogP) is 1.97. The van der Waals surface area contributed by atoms with Gasteiger partial charge >= 0.3 is 18.2 Å². The van der Waals surface area contributed by atoms with Crippen LogP contribution >= 0.6 is 0 Å². The average molecular weight is 549 g/mol. The van der Waals surface area contributed by atoms with E-state index in [0.29, 0.717) is 6.07 Å². The Bertz CT molecular complexity index is 1130. The number of carbonyl (C=O) groups is 4. The van der Waals surface area contributed by atoms with Gasteiger partial charge in [-0.3, -0.25) is 19.4 Å². The van der Waals surface area contributed by atoms with Crippen LogP contribution < -0.4 is 10.5 Å². The second-order valence-corrected chi connectivity index (χ2v) is 11.5. The third kappa shape index (κ3) is 11.9. The van der Waals surface area contributed by atoms with Crippen molar-refractivity contribution in [2.75, 3.05) is 31.5 Å². The summed E-state index contributed by atoms with van der Waals surface area (Å²) in [5, 5.41) is 16.3. The molecule has 3 amide bonds. The van der Waals surface area contributed by atoms with Crippen LogP contribution in [0, 0.1) is 5.82 Å². The van der Waals surface area contributed by atoms with Crippen LogP contribution in [0.2, 0.25) is 0 Å². The van der Waals surface area contributed by atoms with E-state index in [1.165, 1.54) is 0 Å².